The Morgan fingerprint density at radius 1 is 0.759 bits per heavy atom. The minimum Gasteiger partial charge on any atom is -0.298 e. The normalized spacial score (nSPS) is 11.5. The van der Waals surface area contributed by atoms with Gasteiger partial charge in [0.25, 0.3) is 0 Å². The van der Waals surface area contributed by atoms with Crippen molar-refractivity contribution < 1.29 is 4.79 Å². The van der Waals surface area contributed by atoms with E-state index in [4.69, 9.17) is 5.10 Å². The molecule has 4 heteroatoms. The highest BCUT2D eigenvalue weighted by Gasteiger charge is 2.14. The lowest BCUT2D eigenvalue weighted by molar-refractivity contribution is 0.0981. The number of anilines is 1. The Hall–Kier alpha value is -2.98. The Labute approximate surface area is 175 Å². The zero-order valence-electron chi connectivity index (χ0n) is 17.2. The van der Waals surface area contributed by atoms with Crippen LogP contribution < -0.4 is 4.67 Å². The van der Waals surface area contributed by atoms with Gasteiger partial charge in [-0.15, -0.1) is 0 Å². The molecule has 0 N–H and O–H groups in total. The van der Waals surface area contributed by atoms with Crippen LogP contribution in [0.1, 0.15) is 35.2 Å². The van der Waals surface area contributed by atoms with Crippen molar-refractivity contribution in [1.82, 2.24) is 0 Å². The predicted octanol–water partition coefficient (Wildman–Crippen LogP) is 5.93. The van der Waals surface area contributed by atoms with E-state index in [1.165, 1.54) is 0 Å². The number of benzene rings is 3. The number of hydrazone groups is 1. The van der Waals surface area contributed by atoms with Gasteiger partial charge in [0.2, 0.25) is 0 Å². The monoisotopic (exact) mass is 400 g/mol. The van der Waals surface area contributed by atoms with Crippen molar-refractivity contribution >= 4 is 26.1 Å². The first-order valence-electron chi connectivity index (χ1n) is 10.2. The van der Waals surface area contributed by atoms with Crippen LogP contribution >= 0.6 is 0 Å². The van der Waals surface area contributed by atoms with Crippen LogP contribution in [0.5, 0.6) is 0 Å². The molecule has 148 valence electrons. The first-order valence-corrected chi connectivity index (χ1v) is 13.0. The number of rotatable bonds is 9. The summed E-state index contributed by atoms with van der Waals surface area (Å²) in [5, 5.41) is 5.09. The van der Waals surface area contributed by atoms with E-state index in [1.807, 2.05) is 54.6 Å². The minimum atomic E-state index is -1.22. The SMILES string of the molecule is C[SiH](C)N(N=C(CCCC(=O)c1ccccc1)c1ccccc1)c1ccccc1. The number of nitrogens with zero attached hydrogens (tertiary/aromatic N) is 2. The molecule has 0 bridgehead atoms. The van der Waals surface area contributed by atoms with Gasteiger partial charge in [0, 0.05) is 17.7 Å². The summed E-state index contributed by atoms with van der Waals surface area (Å²) in [6.07, 6.45) is 2.08. The molecule has 0 aromatic heterocycles. The van der Waals surface area contributed by atoms with Gasteiger partial charge < -0.3 is 0 Å². The van der Waals surface area contributed by atoms with E-state index in [2.05, 4.69) is 54.2 Å². The second-order valence-electron chi connectivity index (χ2n) is 7.33. The molecule has 0 saturated heterocycles. The maximum absolute atomic E-state index is 12.5. The molecule has 0 unspecified atom stereocenters. The molecular weight excluding hydrogens is 372 g/mol. The Morgan fingerprint density at radius 3 is 1.83 bits per heavy atom. The smallest absolute Gasteiger partial charge is 0.164 e. The van der Waals surface area contributed by atoms with Crippen molar-refractivity contribution in [3.63, 3.8) is 0 Å². The zero-order valence-corrected chi connectivity index (χ0v) is 18.3. The van der Waals surface area contributed by atoms with Crippen molar-refractivity contribution in [3.05, 3.63) is 102 Å². The van der Waals surface area contributed by atoms with E-state index in [1.54, 1.807) is 0 Å². The molecule has 0 radical (unpaired) electrons. The number of carbonyl (C=O) groups is 1. The number of para-hydroxylation sites is 1. The van der Waals surface area contributed by atoms with Gasteiger partial charge in [-0.2, -0.15) is 5.10 Å². The standard InChI is InChI=1S/C25H28N2OSi/c1-29(2)27(23-17-10-5-11-18-23)26-24(21-13-6-3-7-14-21)19-12-20-25(28)22-15-8-4-9-16-22/h3-11,13-18,29H,12,19-20H2,1-2H3. The highest BCUT2D eigenvalue weighted by molar-refractivity contribution is 6.60. The highest BCUT2D eigenvalue weighted by atomic mass is 28.3. The molecule has 3 nitrogen and oxygen atoms in total. The lowest BCUT2D eigenvalue weighted by Gasteiger charge is -2.25. The van der Waals surface area contributed by atoms with E-state index >= 15 is 0 Å². The summed E-state index contributed by atoms with van der Waals surface area (Å²) in [5.74, 6) is 0.191. The molecule has 0 aliphatic rings. The molecule has 0 spiro atoms. The molecular formula is C25H28N2OSi. The van der Waals surface area contributed by atoms with E-state index in [9.17, 15) is 4.79 Å². The summed E-state index contributed by atoms with van der Waals surface area (Å²) >= 11 is 0. The summed E-state index contributed by atoms with van der Waals surface area (Å²) in [6, 6.07) is 30.2. The lowest BCUT2D eigenvalue weighted by atomic mass is 10.0. The van der Waals surface area contributed by atoms with Crippen LogP contribution in [-0.4, -0.2) is 20.5 Å². The lowest BCUT2D eigenvalue weighted by Crippen LogP contribution is -2.30. The Bertz CT molecular complexity index is 925. The first-order chi connectivity index (χ1) is 14.1. The third-order valence-electron chi connectivity index (χ3n) is 4.76. The molecule has 0 aliphatic heterocycles. The van der Waals surface area contributed by atoms with Crippen LogP contribution in [0, 0.1) is 0 Å². The third kappa shape index (κ3) is 6.00. The van der Waals surface area contributed by atoms with Gasteiger partial charge in [-0.25, -0.2) is 0 Å². The van der Waals surface area contributed by atoms with Crippen molar-refractivity contribution in [1.29, 1.82) is 0 Å². The first kappa shape index (κ1) is 20.7. The topological polar surface area (TPSA) is 32.7 Å². The summed E-state index contributed by atoms with van der Waals surface area (Å²) in [7, 11) is -1.22. The van der Waals surface area contributed by atoms with Gasteiger partial charge in [0.05, 0.1) is 5.71 Å². The third-order valence-corrected chi connectivity index (χ3v) is 6.15. The van der Waals surface area contributed by atoms with Crippen LogP contribution in [0.25, 0.3) is 0 Å². The Morgan fingerprint density at radius 2 is 1.28 bits per heavy atom. The average Bonchev–Trinajstić information content (AvgIpc) is 2.77. The fourth-order valence-electron chi connectivity index (χ4n) is 3.25. The molecule has 0 fully saturated rings. The second kappa shape index (κ2) is 10.5. The number of carbonyl (C=O) groups excluding carboxylic acids is 1. The van der Waals surface area contributed by atoms with E-state index in [0.717, 1.165) is 35.4 Å². The maximum atomic E-state index is 12.5. The average molecular weight is 401 g/mol. The zero-order chi connectivity index (χ0) is 20.5. The van der Waals surface area contributed by atoms with Crippen LogP contribution in [0.3, 0.4) is 0 Å². The highest BCUT2D eigenvalue weighted by Crippen LogP contribution is 2.19. The second-order valence-corrected chi connectivity index (χ2v) is 10.0. The van der Waals surface area contributed by atoms with E-state index in [0.29, 0.717) is 6.42 Å². The van der Waals surface area contributed by atoms with E-state index < -0.39 is 8.96 Å². The molecule has 0 saturated carbocycles. The number of ketones is 1. The van der Waals surface area contributed by atoms with Gasteiger partial charge in [-0.1, -0.05) is 92.0 Å². The van der Waals surface area contributed by atoms with Gasteiger partial charge >= 0.3 is 0 Å². The van der Waals surface area contributed by atoms with Gasteiger partial charge in [0.1, 0.15) is 0 Å². The van der Waals surface area contributed by atoms with Crippen molar-refractivity contribution in [3.8, 4) is 0 Å². The summed E-state index contributed by atoms with van der Waals surface area (Å²) < 4.78 is 2.20. The molecule has 3 rings (SSSR count). The quantitative estimate of drug-likeness (QED) is 0.193. The van der Waals surface area contributed by atoms with Crippen LogP contribution in [-0.2, 0) is 0 Å². The molecule has 3 aromatic carbocycles. The fourth-order valence-corrected chi connectivity index (χ4v) is 4.39. The van der Waals surface area contributed by atoms with Crippen LogP contribution in [0.4, 0.5) is 5.69 Å². The minimum absolute atomic E-state index is 0.191. The maximum Gasteiger partial charge on any atom is 0.164 e. The fraction of sp³-hybridized carbons (Fsp3) is 0.200. The largest absolute Gasteiger partial charge is 0.298 e. The summed E-state index contributed by atoms with van der Waals surface area (Å²) in [6.45, 7) is 4.55. The van der Waals surface area contributed by atoms with Crippen molar-refractivity contribution in [2.24, 2.45) is 5.10 Å². The molecule has 0 aliphatic carbocycles. The summed E-state index contributed by atoms with van der Waals surface area (Å²) in [5.41, 5.74) is 4.07. The van der Waals surface area contributed by atoms with Gasteiger partial charge in [-0.3, -0.25) is 9.47 Å². The van der Waals surface area contributed by atoms with Gasteiger partial charge in [-0.05, 0) is 30.5 Å². The van der Waals surface area contributed by atoms with Crippen molar-refractivity contribution in [2.45, 2.75) is 32.4 Å². The predicted molar refractivity (Wildman–Crippen MR) is 125 cm³/mol. The van der Waals surface area contributed by atoms with Gasteiger partial charge in [0.15, 0.2) is 14.7 Å². The molecule has 0 atom stereocenters. The molecule has 29 heavy (non-hydrogen) atoms. The van der Waals surface area contributed by atoms with Crippen molar-refractivity contribution in [2.75, 3.05) is 4.67 Å². The Balaban J connectivity index is 1.79. The van der Waals surface area contributed by atoms with Crippen LogP contribution in [0.2, 0.25) is 13.1 Å². The molecule has 0 amide bonds. The number of hydrogen-bond donors (Lipinski definition) is 0. The molecule has 0 heterocycles. The Kier molecular flexibility index (Phi) is 7.53. The number of Topliss-reactive ketones (excluding diaryl/α,β-unsaturated/α-hetero) is 1. The van der Waals surface area contributed by atoms with E-state index in [-0.39, 0.29) is 5.78 Å². The molecule has 3 aromatic rings. The van der Waals surface area contributed by atoms with Crippen LogP contribution in [0.15, 0.2) is 96.1 Å². The number of hydrogen-bond acceptors (Lipinski definition) is 3. The summed E-state index contributed by atoms with van der Waals surface area (Å²) in [4.78, 5) is 12.5.